The van der Waals surface area contributed by atoms with Gasteiger partial charge in [-0.3, -0.25) is 4.79 Å². The Balaban J connectivity index is 2.15. The van der Waals surface area contributed by atoms with Gasteiger partial charge in [0.25, 0.3) is 0 Å². The Morgan fingerprint density at radius 2 is 1.38 bits per heavy atom. The van der Waals surface area contributed by atoms with E-state index in [2.05, 4.69) is 9.97 Å². The number of aldehydes is 1. The molecular formula is C16H12N2O3. The Labute approximate surface area is 120 Å². The molecule has 5 nitrogen and oxygen atoms in total. The third-order valence-electron chi connectivity index (χ3n) is 3.13. The number of phenols is 2. The third kappa shape index (κ3) is 2.49. The fourth-order valence-corrected chi connectivity index (χ4v) is 2.11. The number of benzene rings is 2. The van der Waals surface area contributed by atoms with Gasteiger partial charge in [-0.2, -0.15) is 0 Å². The minimum atomic E-state index is 0.163. The van der Waals surface area contributed by atoms with Crippen molar-refractivity contribution in [2.24, 2.45) is 0 Å². The lowest BCUT2D eigenvalue weighted by molar-refractivity contribution is 0.111. The van der Waals surface area contributed by atoms with Crippen LogP contribution in [-0.4, -0.2) is 26.5 Å². The molecule has 0 radical (unpaired) electrons. The van der Waals surface area contributed by atoms with Crippen molar-refractivity contribution in [3.8, 4) is 34.0 Å². The van der Waals surface area contributed by atoms with Gasteiger partial charge in [0, 0.05) is 11.1 Å². The predicted octanol–water partition coefficient (Wildman–Crippen LogP) is 2.97. The minimum Gasteiger partial charge on any atom is -0.508 e. The average Bonchev–Trinajstić information content (AvgIpc) is 2.93. The molecule has 0 atom stereocenters. The number of rotatable bonds is 3. The Bertz CT molecular complexity index is 711. The summed E-state index contributed by atoms with van der Waals surface area (Å²) in [4.78, 5) is 18.2. The molecule has 3 aromatic rings. The van der Waals surface area contributed by atoms with E-state index in [9.17, 15) is 15.0 Å². The maximum atomic E-state index is 11.0. The van der Waals surface area contributed by atoms with Crippen molar-refractivity contribution in [1.29, 1.82) is 0 Å². The van der Waals surface area contributed by atoms with E-state index in [0.717, 1.165) is 11.1 Å². The fourth-order valence-electron chi connectivity index (χ4n) is 2.11. The molecule has 0 saturated carbocycles. The van der Waals surface area contributed by atoms with Gasteiger partial charge < -0.3 is 15.2 Å². The van der Waals surface area contributed by atoms with Crippen molar-refractivity contribution >= 4 is 6.29 Å². The second-order valence-electron chi connectivity index (χ2n) is 4.56. The number of hydrogen-bond donors (Lipinski definition) is 3. The van der Waals surface area contributed by atoms with Crippen molar-refractivity contribution in [1.82, 2.24) is 9.97 Å². The molecule has 21 heavy (non-hydrogen) atoms. The van der Waals surface area contributed by atoms with Crippen LogP contribution in [0, 0.1) is 0 Å². The number of nitrogens with one attached hydrogen (secondary N) is 1. The first-order valence-corrected chi connectivity index (χ1v) is 6.31. The molecule has 1 heterocycles. The molecule has 1 aromatic heterocycles. The zero-order chi connectivity index (χ0) is 14.8. The molecule has 0 bridgehead atoms. The summed E-state index contributed by atoms with van der Waals surface area (Å²) in [7, 11) is 0. The second kappa shape index (κ2) is 5.13. The van der Waals surface area contributed by atoms with E-state index in [1.54, 1.807) is 48.5 Å². The largest absolute Gasteiger partial charge is 0.508 e. The summed E-state index contributed by atoms with van der Waals surface area (Å²) < 4.78 is 0. The van der Waals surface area contributed by atoms with Crippen molar-refractivity contribution < 1.29 is 15.0 Å². The highest BCUT2D eigenvalue weighted by atomic mass is 16.3. The van der Waals surface area contributed by atoms with Crippen LogP contribution >= 0.6 is 0 Å². The highest BCUT2D eigenvalue weighted by Gasteiger charge is 2.13. The molecule has 0 aliphatic carbocycles. The molecule has 0 amide bonds. The van der Waals surface area contributed by atoms with E-state index < -0.39 is 0 Å². The molecule has 5 heteroatoms. The monoisotopic (exact) mass is 280 g/mol. The zero-order valence-electron chi connectivity index (χ0n) is 10.9. The molecule has 0 fully saturated rings. The van der Waals surface area contributed by atoms with E-state index in [1.165, 1.54) is 0 Å². The highest BCUT2D eigenvalue weighted by molar-refractivity contribution is 5.83. The first kappa shape index (κ1) is 12.9. The Morgan fingerprint density at radius 1 is 0.857 bits per heavy atom. The number of carbonyl (C=O) groups is 1. The van der Waals surface area contributed by atoms with Crippen molar-refractivity contribution in [2.75, 3.05) is 0 Å². The number of H-pyrrole nitrogens is 1. The van der Waals surface area contributed by atoms with Gasteiger partial charge in [-0.15, -0.1) is 0 Å². The molecular weight excluding hydrogens is 268 g/mol. The van der Waals surface area contributed by atoms with Crippen molar-refractivity contribution in [2.45, 2.75) is 0 Å². The molecule has 3 N–H and O–H groups in total. The number of aromatic nitrogens is 2. The van der Waals surface area contributed by atoms with Gasteiger partial charge in [0.05, 0.1) is 11.4 Å². The number of phenolic OH excluding ortho intramolecular Hbond substituents is 2. The first-order chi connectivity index (χ1) is 10.2. The quantitative estimate of drug-likeness (QED) is 0.644. The summed E-state index contributed by atoms with van der Waals surface area (Å²) in [6.07, 6.45) is 0.647. The van der Waals surface area contributed by atoms with Gasteiger partial charge in [0.15, 0.2) is 12.1 Å². The topological polar surface area (TPSA) is 86.2 Å². The Morgan fingerprint density at radius 3 is 1.90 bits per heavy atom. The lowest BCUT2D eigenvalue weighted by Gasteiger charge is -2.03. The van der Waals surface area contributed by atoms with Crippen LogP contribution in [0.3, 0.4) is 0 Å². The molecule has 0 spiro atoms. The van der Waals surface area contributed by atoms with Crippen LogP contribution in [-0.2, 0) is 0 Å². The molecule has 2 aromatic carbocycles. The summed E-state index contributed by atoms with van der Waals surface area (Å²) >= 11 is 0. The number of hydrogen-bond acceptors (Lipinski definition) is 4. The average molecular weight is 280 g/mol. The number of aromatic amines is 1. The minimum absolute atomic E-state index is 0.163. The van der Waals surface area contributed by atoms with Crippen LogP contribution in [0.2, 0.25) is 0 Å². The lowest BCUT2D eigenvalue weighted by Crippen LogP contribution is -1.83. The molecule has 104 valence electrons. The second-order valence-corrected chi connectivity index (χ2v) is 4.56. The normalized spacial score (nSPS) is 10.5. The predicted molar refractivity (Wildman–Crippen MR) is 78.2 cm³/mol. The zero-order valence-corrected chi connectivity index (χ0v) is 10.9. The number of aromatic hydroxyl groups is 2. The summed E-state index contributed by atoms with van der Waals surface area (Å²) in [6, 6.07) is 13.2. The van der Waals surface area contributed by atoms with E-state index in [1.807, 2.05) is 0 Å². The lowest BCUT2D eigenvalue weighted by atomic mass is 10.0. The van der Waals surface area contributed by atoms with Gasteiger partial charge in [0.2, 0.25) is 0 Å². The molecule has 0 aliphatic heterocycles. The van der Waals surface area contributed by atoms with Crippen LogP contribution in [0.1, 0.15) is 10.6 Å². The van der Waals surface area contributed by atoms with Gasteiger partial charge >= 0.3 is 0 Å². The summed E-state index contributed by atoms with van der Waals surface area (Å²) in [5, 5.41) is 18.7. The number of imidazole rings is 1. The number of carbonyl (C=O) groups excluding carboxylic acids is 1. The first-order valence-electron chi connectivity index (χ1n) is 6.31. The van der Waals surface area contributed by atoms with Gasteiger partial charge in [-0.05, 0) is 48.5 Å². The highest BCUT2D eigenvalue weighted by Crippen LogP contribution is 2.31. The van der Waals surface area contributed by atoms with Crippen molar-refractivity contribution in [3.05, 3.63) is 54.4 Å². The smallest absolute Gasteiger partial charge is 0.185 e. The summed E-state index contributed by atoms with van der Waals surface area (Å²) in [6.45, 7) is 0. The standard InChI is InChI=1S/C16H12N2O3/c19-9-14-17-15(10-1-5-12(20)6-2-10)16(18-14)11-3-7-13(21)8-4-11/h1-9,20-21H,(H,17,18). The van der Waals surface area contributed by atoms with Crippen LogP contribution in [0.4, 0.5) is 0 Å². The van der Waals surface area contributed by atoms with Crippen LogP contribution in [0.25, 0.3) is 22.5 Å². The van der Waals surface area contributed by atoms with Gasteiger partial charge in [-0.25, -0.2) is 4.98 Å². The molecule has 3 rings (SSSR count). The van der Waals surface area contributed by atoms with E-state index in [-0.39, 0.29) is 17.3 Å². The fraction of sp³-hybridized carbons (Fsp3) is 0. The van der Waals surface area contributed by atoms with Crippen LogP contribution < -0.4 is 0 Å². The molecule has 0 unspecified atom stereocenters. The Kier molecular flexibility index (Phi) is 3.16. The van der Waals surface area contributed by atoms with Crippen LogP contribution in [0.5, 0.6) is 11.5 Å². The van der Waals surface area contributed by atoms with Crippen LogP contribution in [0.15, 0.2) is 48.5 Å². The van der Waals surface area contributed by atoms with Crippen molar-refractivity contribution in [3.63, 3.8) is 0 Å². The summed E-state index contributed by atoms with van der Waals surface area (Å²) in [5.74, 6) is 0.553. The third-order valence-corrected chi connectivity index (χ3v) is 3.13. The van der Waals surface area contributed by atoms with E-state index in [4.69, 9.17) is 0 Å². The van der Waals surface area contributed by atoms with E-state index >= 15 is 0 Å². The SMILES string of the molecule is O=Cc1nc(-c2ccc(O)cc2)c(-c2ccc(O)cc2)[nH]1. The molecule has 0 saturated heterocycles. The Hall–Kier alpha value is -3.08. The maximum Gasteiger partial charge on any atom is 0.185 e. The van der Waals surface area contributed by atoms with Gasteiger partial charge in [-0.1, -0.05) is 0 Å². The summed E-state index contributed by atoms with van der Waals surface area (Å²) in [5.41, 5.74) is 2.88. The number of nitrogens with zero attached hydrogens (tertiary/aromatic N) is 1. The molecule has 0 aliphatic rings. The van der Waals surface area contributed by atoms with E-state index in [0.29, 0.717) is 17.7 Å². The van der Waals surface area contributed by atoms with Gasteiger partial charge in [0.1, 0.15) is 11.5 Å². The maximum absolute atomic E-state index is 11.0.